The fraction of sp³-hybridized carbons (Fsp3) is 0. The van der Waals surface area contributed by atoms with Gasteiger partial charge in [0.25, 0.3) is 0 Å². The number of hydrogen-bond acceptors (Lipinski definition) is 2. The molecule has 0 saturated heterocycles. The fourth-order valence-electron chi connectivity index (χ4n) is 4.11. The van der Waals surface area contributed by atoms with Crippen LogP contribution in [0.25, 0.3) is 54.9 Å². The van der Waals surface area contributed by atoms with Crippen molar-refractivity contribution in [1.29, 1.82) is 0 Å². The predicted molar refractivity (Wildman–Crippen MR) is 113 cm³/mol. The van der Waals surface area contributed by atoms with E-state index in [1.807, 2.05) is 30.3 Å². The molecule has 0 atom stereocenters. The molecule has 0 fully saturated rings. The Morgan fingerprint density at radius 3 is 2.33 bits per heavy atom. The molecule has 6 rings (SSSR count). The lowest BCUT2D eigenvalue weighted by Crippen LogP contribution is -1.90. The van der Waals surface area contributed by atoms with Gasteiger partial charge in [-0.05, 0) is 24.3 Å². The second kappa shape index (κ2) is 5.15. The van der Waals surface area contributed by atoms with Crippen LogP contribution >= 0.6 is 0 Å². The van der Waals surface area contributed by atoms with Crippen LogP contribution in [0, 0.1) is 0 Å². The second-order valence-electron chi connectivity index (χ2n) is 6.94. The van der Waals surface area contributed by atoms with E-state index < -0.39 is 0 Å². The van der Waals surface area contributed by atoms with Crippen LogP contribution < -0.4 is 5.73 Å². The number of hydrogen-bond donors (Lipinski definition) is 2. The monoisotopic (exact) mass is 348 g/mol. The quantitative estimate of drug-likeness (QED) is 0.335. The predicted octanol–water partition coefficient (Wildman–Crippen LogP) is 6.47. The molecule has 0 unspecified atom stereocenters. The Morgan fingerprint density at radius 2 is 1.41 bits per heavy atom. The maximum Gasteiger partial charge on any atom is 0.143 e. The molecule has 2 aromatic heterocycles. The van der Waals surface area contributed by atoms with Gasteiger partial charge in [-0.15, -0.1) is 0 Å². The minimum absolute atomic E-state index is 0.738. The van der Waals surface area contributed by atoms with Gasteiger partial charge in [0.1, 0.15) is 11.2 Å². The van der Waals surface area contributed by atoms with Crippen LogP contribution in [0.5, 0.6) is 0 Å². The lowest BCUT2D eigenvalue weighted by molar-refractivity contribution is 0.670. The number of anilines is 1. The van der Waals surface area contributed by atoms with Crippen LogP contribution in [0.4, 0.5) is 5.69 Å². The first-order valence-corrected chi connectivity index (χ1v) is 9.00. The standard InChI is InChI=1S/C24H16N2O/c25-20-13-22-19(14-6-1-3-10-21(14)26-22)12-18(20)17-9-5-8-16-15-7-2-4-11-23(15)27-24(16)17/h1-13,26H,25H2. The molecule has 6 aromatic rings. The van der Waals surface area contributed by atoms with Crippen molar-refractivity contribution in [2.24, 2.45) is 0 Å². The number of nitrogens with two attached hydrogens (primary N) is 1. The van der Waals surface area contributed by atoms with Crippen LogP contribution in [0.15, 0.2) is 83.3 Å². The number of nitrogen functional groups attached to an aromatic ring is 1. The van der Waals surface area contributed by atoms with Gasteiger partial charge in [-0.25, -0.2) is 0 Å². The summed E-state index contributed by atoms with van der Waals surface area (Å²) in [6.45, 7) is 0. The molecule has 3 heteroatoms. The molecule has 3 nitrogen and oxygen atoms in total. The van der Waals surface area contributed by atoms with Crippen molar-refractivity contribution >= 4 is 49.4 Å². The minimum Gasteiger partial charge on any atom is -0.455 e. The third-order valence-electron chi connectivity index (χ3n) is 5.37. The van der Waals surface area contributed by atoms with E-state index in [1.165, 1.54) is 10.8 Å². The molecule has 0 amide bonds. The highest BCUT2D eigenvalue weighted by Crippen LogP contribution is 2.40. The molecule has 0 spiro atoms. The number of aromatic nitrogens is 1. The van der Waals surface area contributed by atoms with Gasteiger partial charge in [0, 0.05) is 49.4 Å². The van der Waals surface area contributed by atoms with Gasteiger partial charge in [0.15, 0.2) is 0 Å². The van der Waals surface area contributed by atoms with E-state index in [9.17, 15) is 0 Å². The van der Waals surface area contributed by atoms with E-state index in [2.05, 4.69) is 53.5 Å². The average Bonchev–Trinajstić information content (AvgIpc) is 3.25. The molecule has 0 aliphatic rings. The zero-order chi connectivity index (χ0) is 18.0. The Hall–Kier alpha value is -3.72. The maximum absolute atomic E-state index is 6.46. The lowest BCUT2D eigenvalue weighted by atomic mass is 9.98. The second-order valence-corrected chi connectivity index (χ2v) is 6.94. The number of benzene rings is 4. The smallest absolute Gasteiger partial charge is 0.143 e. The molecule has 0 aliphatic heterocycles. The molecule has 128 valence electrons. The molecule has 27 heavy (non-hydrogen) atoms. The average molecular weight is 348 g/mol. The molecule has 0 saturated carbocycles. The highest BCUT2D eigenvalue weighted by molar-refractivity contribution is 6.14. The summed E-state index contributed by atoms with van der Waals surface area (Å²) in [5, 5.41) is 4.61. The van der Waals surface area contributed by atoms with Gasteiger partial charge in [-0.1, -0.05) is 54.6 Å². The van der Waals surface area contributed by atoms with Gasteiger partial charge in [-0.2, -0.15) is 0 Å². The van der Waals surface area contributed by atoms with Crippen molar-refractivity contribution in [3.63, 3.8) is 0 Å². The number of nitrogens with one attached hydrogen (secondary N) is 1. The van der Waals surface area contributed by atoms with Crippen LogP contribution in [0.1, 0.15) is 0 Å². The van der Waals surface area contributed by atoms with E-state index in [4.69, 9.17) is 10.2 Å². The number of H-pyrrole nitrogens is 1. The Morgan fingerprint density at radius 1 is 0.630 bits per heavy atom. The summed E-state index contributed by atoms with van der Waals surface area (Å²) in [6, 6.07) is 26.9. The summed E-state index contributed by atoms with van der Waals surface area (Å²) in [4.78, 5) is 3.45. The fourth-order valence-corrected chi connectivity index (χ4v) is 4.11. The van der Waals surface area contributed by atoms with Crippen molar-refractivity contribution in [1.82, 2.24) is 4.98 Å². The van der Waals surface area contributed by atoms with Crippen molar-refractivity contribution in [3.8, 4) is 11.1 Å². The van der Waals surface area contributed by atoms with Crippen molar-refractivity contribution in [3.05, 3.63) is 78.9 Å². The highest BCUT2D eigenvalue weighted by Gasteiger charge is 2.15. The van der Waals surface area contributed by atoms with Gasteiger partial charge in [0.2, 0.25) is 0 Å². The Kier molecular flexibility index (Phi) is 2.75. The molecule has 3 N–H and O–H groups in total. The molecule has 0 bridgehead atoms. The minimum atomic E-state index is 0.738. The highest BCUT2D eigenvalue weighted by atomic mass is 16.3. The number of rotatable bonds is 1. The summed E-state index contributed by atoms with van der Waals surface area (Å²) in [5.74, 6) is 0. The summed E-state index contributed by atoms with van der Waals surface area (Å²) >= 11 is 0. The molecule has 4 aromatic carbocycles. The summed E-state index contributed by atoms with van der Waals surface area (Å²) in [5.41, 5.74) is 13.2. The first-order chi connectivity index (χ1) is 13.3. The van der Waals surface area contributed by atoms with Gasteiger partial charge >= 0.3 is 0 Å². The van der Waals surface area contributed by atoms with Gasteiger partial charge in [-0.3, -0.25) is 0 Å². The van der Waals surface area contributed by atoms with Gasteiger partial charge in [0.05, 0.1) is 0 Å². The van der Waals surface area contributed by atoms with E-state index in [0.717, 1.165) is 49.8 Å². The zero-order valence-corrected chi connectivity index (χ0v) is 14.5. The summed E-state index contributed by atoms with van der Waals surface area (Å²) < 4.78 is 6.21. The van der Waals surface area contributed by atoms with Crippen molar-refractivity contribution in [2.75, 3.05) is 5.73 Å². The van der Waals surface area contributed by atoms with E-state index in [0.29, 0.717) is 0 Å². The van der Waals surface area contributed by atoms with Crippen LogP contribution in [-0.4, -0.2) is 4.98 Å². The largest absolute Gasteiger partial charge is 0.455 e. The maximum atomic E-state index is 6.46. The molecular formula is C24H16N2O. The third kappa shape index (κ3) is 1.97. The first kappa shape index (κ1) is 14.4. The Balaban J connectivity index is 1.72. The zero-order valence-electron chi connectivity index (χ0n) is 14.5. The number of furan rings is 1. The SMILES string of the molecule is Nc1cc2[nH]c3ccccc3c2cc1-c1cccc2c1oc1ccccc12. The third-order valence-corrected chi connectivity index (χ3v) is 5.37. The Bertz CT molecular complexity index is 1490. The normalized spacial score (nSPS) is 11.9. The number of fused-ring (bicyclic) bond motifs is 6. The van der Waals surface area contributed by atoms with Crippen molar-refractivity contribution < 1.29 is 4.42 Å². The van der Waals surface area contributed by atoms with E-state index >= 15 is 0 Å². The van der Waals surface area contributed by atoms with Gasteiger partial charge < -0.3 is 15.1 Å². The topological polar surface area (TPSA) is 55.0 Å². The van der Waals surface area contributed by atoms with E-state index in [-0.39, 0.29) is 0 Å². The lowest BCUT2D eigenvalue weighted by Gasteiger charge is -2.07. The van der Waals surface area contributed by atoms with Crippen LogP contribution in [0.2, 0.25) is 0 Å². The van der Waals surface area contributed by atoms with Crippen LogP contribution in [-0.2, 0) is 0 Å². The molecular weight excluding hydrogens is 332 g/mol. The summed E-state index contributed by atoms with van der Waals surface area (Å²) in [7, 11) is 0. The molecule has 0 aliphatic carbocycles. The molecule has 0 radical (unpaired) electrons. The first-order valence-electron chi connectivity index (χ1n) is 9.00. The summed E-state index contributed by atoms with van der Waals surface area (Å²) in [6.07, 6.45) is 0. The van der Waals surface area contributed by atoms with Crippen LogP contribution in [0.3, 0.4) is 0 Å². The molecule has 2 heterocycles. The Labute approximate surface area is 155 Å². The van der Waals surface area contributed by atoms with E-state index in [1.54, 1.807) is 0 Å². The van der Waals surface area contributed by atoms with Crippen molar-refractivity contribution in [2.45, 2.75) is 0 Å². The number of aromatic amines is 1. The number of para-hydroxylation sites is 3.